The number of alkyl halides is 7. The summed E-state index contributed by atoms with van der Waals surface area (Å²) in [5.74, 6) is -12.4. The van der Waals surface area contributed by atoms with Crippen molar-refractivity contribution in [2.75, 3.05) is 0 Å². The molecule has 0 spiro atoms. The molecule has 0 rings (SSSR count). The Morgan fingerprint density at radius 3 is 1.15 bits per heavy atom. The molecule has 0 bridgehead atoms. The molecule has 78 valence electrons. The van der Waals surface area contributed by atoms with E-state index < -0.39 is 25.0 Å². The summed E-state index contributed by atoms with van der Waals surface area (Å²) in [6.07, 6.45) is -6.54. The summed E-state index contributed by atoms with van der Waals surface area (Å²) in [6, 6.07) is 0. The summed E-state index contributed by atoms with van der Waals surface area (Å²) in [5.41, 5.74) is 0. The van der Waals surface area contributed by atoms with Crippen LogP contribution in [0.25, 0.3) is 0 Å². The van der Waals surface area contributed by atoms with Crippen LogP contribution in [0.15, 0.2) is 0 Å². The Bertz CT molecular complexity index is 187. The second kappa shape index (κ2) is 3.01. The van der Waals surface area contributed by atoms with Crippen LogP contribution >= 0.6 is 0 Å². The molecule has 0 aliphatic carbocycles. The zero-order chi connectivity index (χ0) is 11.1. The lowest BCUT2D eigenvalue weighted by atomic mass is 9.76. The average molecular weight is 214 g/mol. The SMILES string of the molecule is OB(O)C(F)(F)C(F)(F)C(F)(F)F. The van der Waals surface area contributed by atoms with Crippen LogP contribution in [-0.2, 0) is 0 Å². The third-order valence-electron chi connectivity index (χ3n) is 1.10. The quantitative estimate of drug-likeness (QED) is 0.527. The molecule has 0 atom stereocenters. The second-order valence-corrected chi connectivity index (χ2v) is 2.07. The lowest BCUT2D eigenvalue weighted by Crippen LogP contribution is -2.60. The standard InChI is InChI=1S/C3H2BF7O2/c5-1(6,3(9,10)11)2(7,8)4(12)13/h12-13H. The highest BCUT2D eigenvalue weighted by atomic mass is 19.4. The van der Waals surface area contributed by atoms with E-state index in [2.05, 4.69) is 0 Å². The van der Waals surface area contributed by atoms with Crippen molar-refractivity contribution in [2.45, 2.75) is 17.9 Å². The van der Waals surface area contributed by atoms with Gasteiger partial charge in [0.2, 0.25) is 0 Å². The maximum Gasteiger partial charge on any atom is 0.536 e. The molecule has 0 amide bonds. The Labute approximate surface area is 67.1 Å². The molecule has 0 saturated heterocycles. The Morgan fingerprint density at radius 2 is 1.08 bits per heavy atom. The average Bonchev–Trinajstić information content (AvgIpc) is 1.84. The monoisotopic (exact) mass is 214 g/mol. The summed E-state index contributed by atoms with van der Waals surface area (Å²) < 4.78 is 80.9. The third kappa shape index (κ3) is 1.88. The first-order chi connectivity index (χ1) is 5.44. The fourth-order valence-electron chi connectivity index (χ4n) is 0.351. The van der Waals surface area contributed by atoms with Gasteiger partial charge in [0, 0.05) is 0 Å². The smallest absolute Gasteiger partial charge is 0.423 e. The van der Waals surface area contributed by atoms with Crippen LogP contribution in [0.2, 0.25) is 0 Å². The predicted molar refractivity (Wildman–Crippen MR) is 26.1 cm³/mol. The topological polar surface area (TPSA) is 40.5 Å². The molecular weight excluding hydrogens is 212 g/mol. The molecule has 0 heterocycles. The molecule has 13 heavy (non-hydrogen) atoms. The van der Waals surface area contributed by atoms with Crippen LogP contribution in [0, 0.1) is 0 Å². The van der Waals surface area contributed by atoms with Crippen molar-refractivity contribution < 1.29 is 40.8 Å². The highest BCUT2D eigenvalue weighted by Crippen LogP contribution is 2.46. The van der Waals surface area contributed by atoms with E-state index in [1.54, 1.807) is 0 Å². The number of hydrogen-bond donors (Lipinski definition) is 2. The van der Waals surface area contributed by atoms with Gasteiger partial charge in [0.15, 0.2) is 0 Å². The molecule has 0 radical (unpaired) electrons. The van der Waals surface area contributed by atoms with Gasteiger partial charge in [-0.05, 0) is 0 Å². The molecule has 10 heteroatoms. The lowest BCUT2D eigenvalue weighted by Gasteiger charge is -2.27. The van der Waals surface area contributed by atoms with Crippen LogP contribution < -0.4 is 0 Å². The van der Waals surface area contributed by atoms with Crippen molar-refractivity contribution in [1.82, 2.24) is 0 Å². The fourth-order valence-corrected chi connectivity index (χ4v) is 0.351. The second-order valence-electron chi connectivity index (χ2n) is 2.07. The Morgan fingerprint density at radius 1 is 0.769 bits per heavy atom. The van der Waals surface area contributed by atoms with Crippen LogP contribution in [0.3, 0.4) is 0 Å². The van der Waals surface area contributed by atoms with Gasteiger partial charge >= 0.3 is 25.0 Å². The highest BCUT2D eigenvalue weighted by molar-refractivity contribution is 6.44. The van der Waals surface area contributed by atoms with E-state index in [4.69, 9.17) is 10.0 Å². The van der Waals surface area contributed by atoms with Gasteiger partial charge in [0.25, 0.3) is 0 Å². The Kier molecular flexibility index (Phi) is 2.90. The molecule has 0 fully saturated rings. The molecule has 2 nitrogen and oxygen atoms in total. The largest absolute Gasteiger partial charge is 0.536 e. The third-order valence-corrected chi connectivity index (χ3v) is 1.10. The first-order valence-electron chi connectivity index (χ1n) is 2.63. The van der Waals surface area contributed by atoms with Crippen molar-refractivity contribution in [2.24, 2.45) is 0 Å². The zero-order valence-electron chi connectivity index (χ0n) is 5.62. The van der Waals surface area contributed by atoms with Gasteiger partial charge in [0.1, 0.15) is 0 Å². The minimum Gasteiger partial charge on any atom is -0.423 e. The molecule has 0 saturated carbocycles. The van der Waals surface area contributed by atoms with Gasteiger partial charge in [-0.1, -0.05) is 0 Å². The molecule has 0 aromatic rings. The minimum absolute atomic E-state index is 4.08. The van der Waals surface area contributed by atoms with E-state index in [1.807, 2.05) is 0 Å². The Hall–Kier alpha value is -0.505. The van der Waals surface area contributed by atoms with Gasteiger partial charge in [-0.25, -0.2) is 8.78 Å². The molecule has 0 aliphatic heterocycles. The number of rotatable bonds is 2. The normalized spacial score (nSPS) is 14.5. The van der Waals surface area contributed by atoms with Crippen molar-refractivity contribution in [3.05, 3.63) is 0 Å². The Balaban J connectivity index is 5.04. The van der Waals surface area contributed by atoms with E-state index in [-0.39, 0.29) is 0 Å². The first-order valence-corrected chi connectivity index (χ1v) is 2.63. The minimum atomic E-state index is -6.54. The fraction of sp³-hybridized carbons (Fsp3) is 1.00. The van der Waals surface area contributed by atoms with Crippen molar-refractivity contribution in [1.29, 1.82) is 0 Å². The van der Waals surface area contributed by atoms with Crippen molar-refractivity contribution in [3.8, 4) is 0 Å². The molecule has 2 N–H and O–H groups in total. The van der Waals surface area contributed by atoms with Crippen LogP contribution in [-0.4, -0.2) is 35.1 Å². The summed E-state index contributed by atoms with van der Waals surface area (Å²) in [6.45, 7) is 0. The zero-order valence-corrected chi connectivity index (χ0v) is 5.62. The summed E-state index contributed by atoms with van der Waals surface area (Å²) in [4.78, 5) is 0. The number of halogens is 7. The highest BCUT2D eigenvalue weighted by Gasteiger charge is 2.77. The maximum absolute atomic E-state index is 11.9. The van der Waals surface area contributed by atoms with Crippen LogP contribution in [0.5, 0.6) is 0 Å². The van der Waals surface area contributed by atoms with Crippen LogP contribution in [0.1, 0.15) is 0 Å². The molecule has 0 aromatic heterocycles. The molecule has 0 aromatic carbocycles. The summed E-state index contributed by atoms with van der Waals surface area (Å²) in [7, 11) is -4.08. The van der Waals surface area contributed by atoms with Gasteiger partial charge in [0.05, 0.1) is 0 Å². The molecule has 0 aliphatic rings. The van der Waals surface area contributed by atoms with Gasteiger partial charge in [-0.15, -0.1) is 0 Å². The predicted octanol–water partition coefficient (Wildman–Crippen LogP) is 0.831. The van der Waals surface area contributed by atoms with E-state index in [0.29, 0.717) is 0 Å². The molecule has 0 unspecified atom stereocenters. The van der Waals surface area contributed by atoms with E-state index >= 15 is 0 Å². The van der Waals surface area contributed by atoms with Crippen molar-refractivity contribution in [3.63, 3.8) is 0 Å². The van der Waals surface area contributed by atoms with E-state index in [9.17, 15) is 30.7 Å². The van der Waals surface area contributed by atoms with Gasteiger partial charge in [-0.3, -0.25) is 0 Å². The van der Waals surface area contributed by atoms with E-state index in [0.717, 1.165) is 0 Å². The maximum atomic E-state index is 11.9. The van der Waals surface area contributed by atoms with Crippen molar-refractivity contribution >= 4 is 7.12 Å². The van der Waals surface area contributed by atoms with Crippen LogP contribution in [0.4, 0.5) is 30.7 Å². The molecular formula is C3H2BF7O2. The van der Waals surface area contributed by atoms with Gasteiger partial charge in [-0.2, -0.15) is 22.0 Å². The number of hydrogen-bond acceptors (Lipinski definition) is 2. The summed E-state index contributed by atoms with van der Waals surface area (Å²) >= 11 is 0. The summed E-state index contributed by atoms with van der Waals surface area (Å²) in [5, 5.41) is 15.2. The first kappa shape index (κ1) is 12.5. The lowest BCUT2D eigenvalue weighted by molar-refractivity contribution is -0.338. The van der Waals surface area contributed by atoms with Gasteiger partial charge < -0.3 is 10.0 Å². The van der Waals surface area contributed by atoms with E-state index in [1.165, 1.54) is 0 Å².